The summed E-state index contributed by atoms with van der Waals surface area (Å²) in [5.74, 6) is 12.5. The smallest absolute Gasteiger partial charge is 0.130 e. The highest BCUT2D eigenvalue weighted by Crippen LogP contribution is 1.71. The van der Waals surface area contributed by atoms with Gasteiger partial charge in [-0.2, -0.15) is 0 Å². The van der Waals surface area contributed by atoms with E-state index in [0.29, 0.717) is 0 Å². The fraction of sp³-hybridized carbons (Fsp3) is 0. The SMILES string of the molecule is C#CB(C#C[CH2])C#C[CH2]. The van der Waals surface area contributed by atoms with Crippen LogP contribution in [0, 0.1) is 49.6 Å². The molecule has 0 spiro atoms. The molecule has 0 unspecified atom stereocenters. The van der Waals surface area contributed by atoms with Crippen LogP contribution in [0.2, 0.25) is 0 Å². The second kappa shape index (κ2) is 4.89. The van der Waals surface area contributed by atoms with E-state index in [1.807, 2.05) is 0 Å². The van der Waals surface area contributed by atoms with Gasteiger partial charge in [-0.3, -0.25) is 0 Å². The van der Waals surface area contributed by atoms with Gasteiger partial charge in [-0.25, -0.2) is 0 Å². The minimum absolute atomic E-state index is 0.306. The molecule has 0 aromatic heterocycles. The van der Waals surface area contributed by atoms with Crippen molar-refractivity contribution in [2.24, 2.45) is 0 Å². The zero-order valence-corrected chi connectivity index (χ0v) is 5.07. The number of rotatable bonds is 0. The van der Waals surface area contributed by atoms with Crippen LogP contribution >= 0.6 is 0 Å². The summed E-state index contributed by atoms with van der Waals surface area (Å²) in [6.07, 6.45) is 5.03. The van der Waals surface area contributed by atoms with Crippen LogP contribution in [0.4, 0.5) is 0 Å². The molecule has 0 aliphatic carbocycles. The van der Waals surface area contributed by atoms with E-state index in [0.717, 1.165) is 0 Å². The Labute approximate surface area is 57.1 Å². The van der Waals surface area contributed by atoms with Crippen molar-refractivity contribution in [2.75, 3.05) is 0 Å². The quantitative estimate of drug-likeness (QED) is 0.314. The first-order chi connectivity index (χ1) is 4.35. The van der Waals surface area contributed by atoms with Crippen molar-refractivity contribution in [1.29, 1.82) is 0 Å². The van der Waals surface area contributed by atoms with Gasteiger partial charge in [0.25, 0.3) is 0 Å². The van der Waals surface area contributed by atoms with Crippen LogP contribution in [0.5, 0.6) is 0 Å². The van der Waals surface area contributed by atoms with Crippen LogP contribution in [-0.2, 0) is 0 Å². The Morgan fingerprint density at radius 1 is 1.11 bits per heavy atom. The van der Waals surface area contributed by atoms with Crippen molar-refractivity contribution in [1.82, 2.24) is 0 Å². The summed E-state index contributed by atoms with van der Waals surface area (Å²) in [5, 5.41) is 0. The van der Waals surface area contributed by atoms with Crippen LogP contribution in [0.25, 0.3) is 0 Å². The molecule has 0 fully saturated rings. The fourth-order valence-corrected chi connectivity index (χ4v) is 0.324. The Morgan fingerprint density at radius 3 is 1.78 bits per heavy atom. The molecule has 2 radical (unpaired) electrons. The van der Waals surface area contributed by atoms with E-state index < -0.39 is 0 Å². The third-order valence-corrected chi connectivity index (χ3v) is 0.659. The summed E-state index contributed by atoms with van der Waals surface area (Å²) in [5.41, 5.74) is 0. The summed E-state index contributed by atoms with van der Waals surface area (Å²) in [7, 11) is 0. The van der Waals surface area contributed by atoms with Crippen LogP contribution in [-0.4, -0.2) is 6.71 Å². The van der Waals surface area contributed by atoms with E-state index in [4.69, 9.17) is 6.42 Å². The summed E-state index contributed by atoms with van der Waals surface area (Å²) < 4.78 is 0. The molecule has 0 aliphatic heterocycles. The predicted molar refractivity (Wildman–Crippen MR) is 40.9 cm³/mol. The lowest BCUT2D eigenvalue weighted by molar-refractivity contribution is 2.35. The molecule has 0 amide bonds. The molecule has 1 heteroatoms. The number of hydrogen-bond acceptors (Lipinski definition) is 0. The second-order valence-electron chi connectivity index (χ2n) is 1.24. The summed E-state index contributed by atoms with van der Waals surface area (Å²) in [6.45, 7) is 6.32. The lowest BCUT2D eigenvalue weighted by Gasteiger charge is -1.77. The van der Waals surface area contributed by atoms with E-state index in [1.165, 1.54) is 0 Å². The van der Waals surface area contributed by atoms with Gasteiger partial charge < -0.3 is 0 Å². The maximum absolute atomic E-state index is 5.03. The zero-order chi connectivity index (χ0) is 7.11. The molecule has 0 saturated heterocycles. The Bertz CT molecular complexity index is 203. The standard InChI is InChI=1S/C8H5B/c1-4-7-9(6-3)8-5-2/h3H,1-2H2. The highest BCUT2D eigenvalue weighted by atomic mass is 13.5. The van der Waals surface area contributed by atoms with E-state index in [9.17, 15) is 0 Å². The zero-order valence-electron chi connectivity index (χ0n) is 5.07. The van der Waals surface area contributed by atoms with Crippen LogP contribution in [0.1, 0.15) is 0 Å². The lowest BCUT2D eigenvalue weighted by atomic mass is 9.53. The summed E-state index contributed by atoms with van der Waals surface area (Å²) in [6, 6.07) is 0. The topological polar surface area (TPSA) is 0 Å². The molecule has 40 valence electrons. The first-order valence-corrected chi connectivity index (χ1v) is 2.36. The molecule has 0 rings (SSSR count). The van der Waals surface area contributed by atoms with Crippen molar-refractivity contribution in [3.05, 3.63) is 13.8 Å². The largest absolute Gasteiger partial charge is 0.394 e. The average molecular weight is 112 g/mol. The minimum Gasteiger partial charge on any atom is -0.130 e. The molecular formula is C8H5B. The number of hydrogen-bond donors (Lipinski definition) is 0. The molecule has 0 aromatic rings. The van der Waals surface area contributed by atoms with E-state index >= 15 is 0 Å². The van der Waals surface area contributed by atoms with Gasteiger partial charge in [0.05, 0.1) is 0 Å². The van der Waals surface area contributed by atoms with Gasteiger partial charge in [-0.15, -0.1) is 35.7 Å². The van der Waals surface area contributed by atoms with Gasteiger partial charge in [0.15, 0.2) is 0 Å². The fourth-order valence-electron chi connectivity index (χ4n) is 0.324. The molecule has 0 N–H and O–H groups in total. The maximum Gasteiger partial charge on any atom is 0.394 e. The third kappa shape index (κ3) is 3.34. The molecule has 0 nitrogen and oxygen atoms in total. The van der Waals surface area contributed by atoms with Crippen LogP contribution in [0.15, 0.2) is 0 Å². The van der Waals surface area contributed by atoms with E-state index in [2.05, 4.69) is 43.1 Å². The Hall–Kier alpha value is -1.26. The minimum atomic E-state index is -0.306. The normalized spacial score (nSPS) is 5.00. The molecule has 0 aromatic carbocycles. The van der Waals surface area contributed by atoms with Crippen molar-refractivity contribution >= 4 is 6.71 Å². The van der Waals surface area contributed by atoms with Crippen molar-refractivity contribution < 1.29 is 0 Å². The highest BCUT2D eigenvalue weighted by molar-refractivity contribution is 6.82. The van der Waals surface area contributed by atoms with Gasteiger partial charge in [-0.05, 0) is 0 Å². The Balaban J connectivity index is 4.10. The number of terminal acetylenes is 1. The third-order valence-electron chi connectivity index (χ3n) is 0.659. The molecule has 0 saturated carbocycles. The van der Waals surface area contributed by atoms with E-state index in [-0.39, 0.29) is 6.71 Å². The van der Waals surface area contributed by atoms with E-state index in [1.54, 1.807) is 0 Å². The molecular weight excluding hydrogens is 107 g/mol. The highest BCUT2D eigenvalue weighted by Gasteiger charge is 1.98. The van der Waals surface area contributed by atoms with Crippen molar-refractivity contribution in [2.45, 2.75) is 0 Å². The van der Waals surface area contributed by atoms with Gasteiger partial charge in [0, 0.05) is 13.8 Å². The molecule has 0 atom stereocenters. The van der Waals surface area contributed by atoms with Gasteiger partial charge >= 0.3 is 6.71 Å². The van der Waals surface area contributed by atoms with Crippen molar-refractivity contribution in [3.8, 4) is 35.7 Å². The van der Waals surface area contributed by atoms with Gasteiger partial charge in [-0.1, -0.05) is 0 Å². The Morgan fingerprint density at radius 2 is 1.56 bits per heavy atom. The molecule has 9 heavy (non-hydrogen) atoms. The molecule has 0 aliphatic rings. The monoisotopic (exact) mass is 112 g/mol. The first-order valence-electron chi connectivity index (χ1n) is 2.36. The first kappa shape index (κ1) is 7.74. The maximum atomic E-state index is 5.03. The van der Waals surface area contributed by atoms with Gasteiger partial charge in [0.2, 0.25) is 0 Å². The van der Waals surface area contributed by atoms with Crippen LogP contribution < -0.4 is 0 Å². The summed E-state index contributed by atoms with van der Waals surface area (Å²) >= 11 is 0. The Kier molecular flexibility index (Phi) is 4.21. The average Bonchev–Trinajstić information content (AvgIpc) is 1.88. The van der Waals surface area contributed by atoms with Gasteiger partial charge in [0.1, 0.15) is 0 Å². The lowest BCUT2D eigenvalue weighted by Crippen LogP contribution is -2.02. The molecule has 0 heterocycles. The summed E-state index contributed by atoms with van der Waals surface area (Å²) in [4.78, 5) is 0. The second-order valence-corrected chi connectivity index (χ2v) is 1.24. The molecule has 0 bridgehead atoms. The van der Waals surface area contributed by atoms with Crippen LogP contribution in [0.3, 0.4) is 0 Å². The predicted octanol–water partition coefficient (Wildman–Crippen LogP) is 0.407. The van der Waals surface area contributed by atoms with Crippen molar-refractivity contribution in [3.63, 3.8) is 0 Å².